The number of thiazole rings is 1. The summed E-state index contributed by atoms with van der Waals surface area (Å²) in [6, 6.07) is 13.7. The van der Waals surface area contributed by atoms with Crippen LogP contribution in [-0.4, -0.2) is 16.1 Å². The second-order valence-corrected chi connectivity index (χ2v) is 7.32. The Balaban J connectivity index is 1.93. The lowest BCUT2D eigenvalue weighted by molar-refractivity contribution is -0.136. The fourth-order valence-electron chi connectivity index (χ4n) is 2.27. The Morgan fingerprint density at radius 3 is 2.44 bits per heavy atom. The maximum absolute atomic E-state index is 13.0. The molecule has 1 N–H and O–H groups in total. The number of carboxylic acids is 1. The van der Waals surface area contributed by atoms with Crippen molar-refractivity contribution in [2.24, 2.45) is 0 Å². The molecule has 0 bridgehead atoms. The van der Waals surface area contributed by atoms with E-state index in [0.717, 1.165) is 15.6 Å². The molecule has 0 aliphatic heterocycles. The Labute approximate surface area is 156 Å². The molecule has 2 aromatic carbocycles. The number of nitrogens with zero attached hydrogens (tertiary/aromatic N) is 1. The number of aliphatic carboxylic acids is 1. The molecule has 3 nitrogen and oxygen atoms in total. The minimum absolute atomic E-state index is 0.0759. The van der Waals surface area contributed by atoms with Crippen LogP contribution in [0.2, 0.25) is 0 Å². The fraction of sp³-hybridized carbons (Fsp3) is 0.0526. The fourth-order valence-corrected chi connectivity index (χ4v) is 3.52. The molecule has 0 unspecified atom stereocenters. The van der Waals surface area contributed by atoms with E-state index in [2.05, 4.69) is 20.9 Å². The van der Waals surface area contributed by atoms with E-state index in [4.69, 9.17) is 5.11 Å². The van der Waals surface area contributed by atoms with E-state index in [1.807, 2.05) is 36.4 Å². The SMILES string of the molecule is O=C(O)Cc1sc(/C=C/c2ccc(F)cc2)nc1-c1ccc(Br)cc1. The molecule has 0 saturated carbocycles. The van der Waals surface area contributed by atoms with Crippen LogP contribution in [0.25, 0.3) is 23.4 Å². The molecule has 1 aromatic heterocycles. The van der Waals surface area contributed by atoms with Crippen LogP contribution in [-0.2, 0) is 11.2 Å². The lowest BCUT2D eigenvalue weighted by Gasteiger charge is -2.00. The molecule has 0 radical (unpaired) electrons. The Bertz CT molecular complexity index is 918. The topological polar surface area (TPSA) is 50.2 Å². The van der Waals surface area contributed by atoms with Crippen LogP contribution in [0.3, 0.4) is 0 Å². The Morgan fingerprint density at radius 1 is 1.12 bits per heavy atom. The van der Waals surface area contributed by atoms with Crippen LogP contribution in [0.4, 0.5) is 4.39 Å². The minimum Gasteiger partial charge on any atom is -0.481 e. The second kappa shape index (κ2) is 7.72. The van der Waals surface area contributed by atoms with Gasteiger partial charge >= 0.3 is 5.97 Å². The zero-order valence-corrected chi connectivity index (χ0v) is 15.3. The van der Waals surface area contributed by atoms with Crippen molar-refractivity contribution in [3.63, 3.8) is 0 Å². The number of halogens is 2. The molecule has 0 saturated heterocycles. The Morgan fingerprint density at radius 2 is 1.80 bits per heavy atom. The molecule has 126 valence electrons. The summed E-state index contributed by atoms with van der Waals surface area (Å²) < 4.78 is 13.9. The molecule has 1 heterocycles. The molecule has 3 rings (SSSR count). The van der Waals surface area contributed by atoms with Crippen molar-refractivity contribution >= 4 is 45.4 Å². The van der Waals surface area contributed by atoms with Crippen molar-refractivity contribution < 1.29 is 14.3 Å². The van der Waals surface area contributed by atoms with Gasteiger partial charge in [0.05, 0.1) is 12.1 Å². The van der Waals surface area contributed by atoms with Gasteiger partial charge in [0.2, 0.25) is 0 Å². The monoisotopic (exact) mass is 417 g/mol. The van der Waals surface area contributed by atoms with E-state index in [1.165, 1.54) is 23.5 Å². The maximum atomic E-state index is 13.0. The van der Waals surface area contributed by atoms with E-state index >= 15 is 0 Å². The molecule has 0 spiro atoms. The number of benzene rings is 2. The van der Waals surface area contributed by atoms with E-state index in [0.29, 0.717) is 15.6 Å². The highest BCUT2D eigenvalue weighted by molar-refractivity contribution is 9.10. The van der Waals surface area contributed by atoms with Crippen LogP contribution in [0, 0.1) is 5.82 Å². The summed E-state index contributed by atoms with van der Waals surface area (Å²) in [4.78, 5) is 16.4. The zero-order valence-electron chi connectivity index (χ0n) is 12.9. The smallest absolute Gasteiger partial charge is 0.308 e. The number of hydrogen-bond acceptors (Lipinski definition) is 3. The predicted octanol–water partition coefficient (Wildman–Crippen LogP) is 5.51. The molecule has 0 aliphatic rings. The van der Waals surface area contributed by atoms with Gasteiger partial charge in [0.25, 0.3) is 0 Å². The Kier molecular flexibility index (Phi) is 5.40. The van der Waals surface area contributed by atoms with E-state index in [1.54, 1.807) is 12.1 Å². The van der Waals surface area contributed by atoms with Crippen LogP contribution in [0.5, 0.6) is 0 Å². The predicted molar refractivity (Wildman–Crippen MR) is 102 cm³/mol. The third-order valence-electron chi connectivity index (χ3n) is 3.43. The molecule has 6 heteroatoms. The lowest BCUT2D eigenvalue weighted by atomic mass is 10.1. The largest absolute Gasteiger partial charge is 0.481 e. The zero-order chi connectivity index (χ0) is 17.8. The third kappa shape index (κ3) is 4.61. The summed E-state index contributed by atoms with van der Waals surface area (Å²) in [5, 5.41) is 9.85. The normalized spacial score (nSPS) is 11.1. The summed E-state index contributed by atoms with van der Waals surface area (Å²) in [7, 11) is 0. The van der Waals surface area contributed by atoms with E-state index in [9.17, 15) is 9.18 Å². The van der Waals surface area contributed by atoms with Gasteiger partial charge in [0, 0.05) is 14.9 Å². The van der Waals surface area contributed by atoms with E-state index < -0.39 is 5.97 Å². The van der Waals surface area contributed by atoms with Crippen molar-refractivity contribution in [3.8, 4) is 11.3 Å². The lowest BCUT2D eigenvalue weighted by Crippen LogP contribution is -1.99. The first-order valence-electron chi connectivity index (χ1n) is 7.42. The molecule has 0 amide bonds. The number of rotatable bonds is 5. The van der Waals surface area contributed by atoms with Crippen LogP contribution in [0.15, 0.2) is 53.0 Å². The van der Waals surface area contributed by atoms with Gasteiger partial charge in [-0.2, -0.15) is 0 Å². The molecular weight excluding hydrogens is 405 g/mol. The number of aromatic nitrogens is 1. The molecular formula is C19H13BrFNO2S. The van der Waals surface area contributed by atoms with Gasteiger partial charge < -0.3 is 5.11 Å². The minimum atomic E-state index is -0.893. The Hall–Kier alpha value is -2.31. The van der Waals surface area contributed by atoms with Gasteiger partial charge in [-0.1, -0.05) is 46.3 Å². The molecule has 0 atom stereocenters. The first-order valence-corrected chi connectivity index (χ1v) is 9.03. The van der Waals surface area contributed by atoms with Crippen molar-refractivity contribution in [2.75, 3.05) is 0 Å². The van der Waals surface area contributed by atoms with Crippen molar-refractivity contribution in [1.82, 2.24) is 4.98 Å². The van der Waals surface area contributed by atoms with E-state index in [-0.39, 0.29) is 12.2 Å². The summed E-state index contributed by atoms with van der Waals surface area (Å²) in [6.07, 6.45) is 3.56. The highest BCUT2D eigenvalue weighted by atomic mass is 79.9. The van der Waals surface area contributed by atoms with Crippen molar-refractivity contribution in [2.45, 2.75) is 6.42 Å². The third-order valence-corrected chi connectivity index (χ3v) is 4.98. The number of carbonyl (C=O) groups is 1. The molecule has 25 heavy (non-hydrogen) atoms. The second-order valence-electron chi connectivity index (χ2n) is 5.29. The van der Waals surface area contributed by atoms with Gasteiger partial charge in [-0.15, -0.1) is 11.3 Å². The first kappa shape index (κ1) is 17.5. The summed E-state index contributed by atoms with van der Waals surface area (Å²) in [5.74, 6) is -1.18. The average Bonchev–Trinajstić information content (AvgIpc) is 2.97. The number of carboxylic acid groups (broad SMARTS) is 1. The molecule has 3 aromatic rings. The van der Waals surface area contributed by atoms with Gasteiger partial charge in [0.1, 0.15) is 10.8 Å². The highest BCUT2D eigenvalue weighted by Gasteiger charge is 2.14. The average molecular weight is 418 g/mol. The van der Waals surface area contributed by atoms with Gasteiger partial charge in [-0.3, -0.25) is 4.79 Å². The summed E-state index contributed by atoms with van der Waals surface area (Å²) in [6.45, 7) is 0. The maximum Gasteiger partial charge on any atom is 0.308 e. The standard InChI is InChI=1S/C19H13BrFNO2S/c20-14-6-4-13(5-7-14)19-16(11-18(23)24)25-17(22-19)10-3-12-1-8-15(21)9-2-12/h1-10H,11H2,(H,23,24)/b10-3+. The molecule has 0 aliphatic carbocycles. The highest BCUT2D eigenvalue weighted by Crippen LogP contribution is 2.30. The van der Waals surface area contributed by atoms with Crippen LogP contribution in [0.1, 0.15) is 15.4 Å². The van der Waals surface area contributed by atoms with Crippen molar-refractivity contribution in [1.29, 1.82) is 0 Å². The quantitative estimate of drug-likeness (QED) is 0.595. The van der Waals surface area contributed by atoms with Gasteiger partial charge in [-0.25, -0.2) is 9.37 Å². The van der Waals surface area contributed by atoms with Gasteiger partial charge in [-0.05, 0) is 35.9 Å². The summed E-state index contributed by atoms with van der Waals surface area (Å²) in [5.41, 5.74) is 2.40. The van der Waals surface area contributed by atoms with Crippen LogP contribution >= 0.6 is 27.3 Å². The first-order chi connectivity index (χ1) is 12.0. The van der Waals surface area contributed by atoms with Gasteiger partial charge in [0.15, 0.2) is 0 Å². The van der Waals surface area contributed by atoms with Crippen molar-refractivity contribution in [3.05, 3.63) is 74.3 Å². The molecule has 0 fully saturated rings. The summed E-state index contributed by atoms with van der Waals surface area (Å²) >= 11 is 4.73. The number of hydrogen-bond donors (Lipinski definition) is 1. The van der Waals surface area contributed by atoms with Crippen LogP contribution < -0.4 is 0 Å².